The maximum absolute atomic E-state index is 5.30. The molecular weight excluding hydrogens is 258 g/mol. The molecule has 0 bridgehead atoms. The van der Waals surface area contributed by atoms with Gasteiger partial charge >= 0.3 is 0 Å². The number of nitrogen functional groups attached to an aromatic ring is 1. The van der Waals surface area contributed by atoms with E-state index in [1.807, 2.05) is 0 Å². The maximum Gasteiger partial charge on any atom is 0.159 e. The molecule has 6 heteroatoms. The Balaban J connectivity index is 2.61. The highest BCUT2D eigenvalue weighted by Crippen LogP contribution is 2.25. The Morgan fingerprint density at radius 1 is 1.40 bits per heavy atom. The van der Waals surface area contributed by atoms with Crippen molar-refractivity contribution < 1.29 is 0 Å². The van der Waals surface area contributed by atoms with E-state index in [4.69, 9.17) is 5.84 Å². The molecule has 0 fully saturated rings. The molecular formula is C9H16BrN5. The molecule has 15 heavy (non-hydrogen) atoms. The molecule has 1 heterocycles. The summed E-state index contributed by atoms with van der Waals surface area (Å²) in [6.45, 7) is 5.25. The third-order valence-electron chi connectivity index (χ3n) is 1.94. The van der Waals surface area contributed by atoms with E-state index in [-0.39, 0.29) is 0 Å². The third kappa shape index (κ3) is 3.64. The molecule has 0 aliphatic carbocycles. The van der Waals surface area contributed by atoms with Crippen molar-refractivity contribution >= 4 is 27.6 Å². The van der Waals surface area contributed by atoms with E-state index in [0.29, 0.717) is 11.7 Å². The minimum absolute atomic E-state index is 0.581. The molecule has 1 rings (SSSR count). The Morgan fingerprint density at radius 3 is 2.67 bits per heavy atom. The standard InChI is InChI=1S/C9H16BrN5/c1-6(2)3-4-12-8-7(10)9(15-11)14-5-13-8/h5-6H,3-4,11H2,1-2H3,(H2,12,13,14,15). The number of rotatable bonds is 5. The molecule has 0 unspecified atom stereocenters. The van der Waals surface area contributed by atoms with Crippen LogP contribution in [0.15, 0.2) is 10.8 Å². The fourth-order valence-electron chi connectivity index (χ4n) is 1.07. The van der Waals surface area contributed by atoms with Gasteiger partial charge in [-0.1, -0.05) is 13.8 Å². The molecule has 0 atom stereocenters. The average molecular weight is 274 g/mol. The molecule has 0 amide bonds. The van der Waals surface area contributed by atoms with E-state index in [1.165, 1.54) is 6.33 Å². The van der Waals surface area contributed by atoms with Crippen LogP contribution in [0.3, 0.4) is 0 Å². The predicted octanol–water partition coefficient (Wildman–Crippen LogP) is 1.98. The second-order valence-electron chi connectivity index (χ2n) is 3.64. The van der Waals surface area contributed by atoms with E-state index in [0.717, 1.165) is 23.3 Å². The van der Waals surface area contributed by atoms with Crippen LogP contribution in [0, 0.1) is 5.92 Å². The third-order valence-corrected chi connectivity index (χ3v) is 2.69. The number of nitrogens with one attached hydrogen (secondary N) is 2. The molecule has 0 aliphatic rings. The first kappa shape index (κ1) is 12.2. The van der Waals surface area contributed by atoms with Crippen LogP contribution in [-0.2, 0) is 0 Å². The quantitative estimate of drug-likeness (QED) is 0.565. The van der Waals surface area contributed by atoms with Crippen LogP contribution < -0.4 is 16.6 Å². The van der Waals surface area contributed by atoms with Gasteiger partial charge in [-0.3, -0.25) is 0 Å². The largest absolute Gasteiger partial charge is 0.369 e. The van der Waals surface area contributed by atoms with Crippen molar-refractivity contribution in [3.05, 3.63) is 10.8 Å². The van der Waals surface area contributed by atoms with E-state index in [9.17, 15) is 0 Å². The SMILES string of the molecule is CC(C)CCNc1ncnc(NN)c1Br. The molecule has 0 aromatic carbocycles. The van der Waals surface area contributed by atoms with Crippen LogP contribution in [0.1, 0.15) is 20.3 Å². The van der Waals surface area contributed by atoms with Gasteiger partial charge in [-0.15, -0.1) is 0 Å². The Labute approximate surface area is 98.0 Å². The fraction of sp³-hybridized carbons (Fsp3) is 0.556. The number of hydrogen-bond donors (Lipinski definition) is 3. The van der Waals surface area contributed by atoms with E-state index >= 15 is 0 Å². The summed E-state index contributed by atoms with van der Waals surface area (Å²) in [5.41, 5.74) is 2.50. The average Bonchev–Trinajstić information content (AvgIpc) is 2.20. The molecule has 0 spiro atoms. The molecule has 5 nitrogen and oxygen atoms in total. The van der Waals surface area contributed by atoms with Gasteiger partial charge in [0, 0.05) is 6.54 Å². The summed E-state index contributed by atoms with van der Waals surface area (Å²) < 4.78 is 0.760. The van der Waals surface area contributed by atoms with E-state index in [1.54, 1.807) is 0 Å². The minimum Gasteiger partial charge on any atom is -0.369 e. The van der Waals surface area contributed by atoms with Crippen LogP contribution in [0.4, 0.5) is 11.6 Å². The fourth-order valence-corrected chi connectivity index (χ4v) is 1.53. The molecule has 0 saturated heterocycles. The first-order valence-electron chi connectivity index (χ1n) is 4.86. The van der Waals surface area contributed by atoms with Crippen molar-refractivity contribution in [2.75, 3.05) is 17.3 Å². The number of halogens is 1. The van der Waals surface area contributed by atoms with Gasteiger partial charge in [0.15, 0.2) is 5.82 Å². The van der Waals surface area contributed by atoms with Gasteiger partial charge in [-0.25, -0.2) is 15.8 Å². The number of anilines is 2. The predicted molar refractivity (Wildman–Crippen MR) is 65.5 cm³/mol. The molecule has 84 valence electrons. The molecule has 4 N–H and O–H groups in total. The number of hydrogen-bond acceptors (Lipinski definition) is 5. The van der Waals surface area contributed by atoms with Gasteiger partial charge in [0.2, 0.25) is 0 Å². The van der Waals surface area contributed by atoms with Crippen LogP contribution >= 0.6 is 15.9 Å². The highest BCUT2D eigenvalue weighted by molar-refractivity contribution is 9.10. The van der Waals surface area contributed by atoms with Gasteiger partial charge in [0.1, 0.15) is 16.6 Å². The lowest BCUT2D eigenvalue weighted by atomic mass is 10.1. The highest BCUT2D eigenvalue weighted by Gasteiger charge is 2.06. The Hall–Kier alpha value is -0.880. The van der Waals surface area contributed by atoms with Gasteiger partial charge in [-0.2, -0.15) is 0 Å². The summed E-state index contributed by atoms with van der Waals surface area (Å²) in [5, 5.41) is 3.23. The first-order valence-corrected chi connectivity index (χ1v) is 5.65. The molecule has 1 aromatic heterocycles. The van der Waals surface area contributed by atoms with E-state index < -0.39 is 0 Å². The minimum atomic E-state index is 0.581. The summed E-state index contributed by atoms with van der Waals surface area (Å²) in [5.74, 6) is 7.31. The van der Waals surface area contributed by atoms with Crippen molar-refractivity contribution in [1.29, 1.82) is 0 Å². The lowest BCUT2D eigenvalue weighted by Crippen LogP contribution is -2.12. The van der Waals surface area contributed by atoms with Gasteiger partial charge < -0.3 is 10.7 Å². The van der Waals surface area contributed by atoms with Crippen molar-refractivity contribution in [3.63, 3.8) is 0 Å². The summed E-state index contributed by atoms with van der Waals surface area (Å²) in [6, 6.07) is 0. The topological polar surface area (TPSA) is 75.9 Å². The summed E-state index contributed by atoms with van der Waals surface area (Å²) >= 11 is 3.38. The number of hydrazine groups is 1. The molecule has 1 aromatic rings. The second-order valence-corrected chi connectivity index (χ2v) is 4.43. The van der Waals surface area contributed by atoms with Crippen molar-refractivity contribution in [2.24, 2.45) is 11.8 Å². The van der Waals surface area contributed by atoms with E-state index in [2.05, 4.69) is 50.5 Å². The summed E-state index contributed by atoms with van der Waals surface area (Å²) in [4.78, 5) is 8.09. The number of aromatic nitrogens is 2. The maximum atomic E-state index is 5.30. The van der Waals surface area contributed by atoms with Crippen molar-refractivity contribution in [3.8, 4) is 0 Å². The van der Waals surface area contributed by atoms with Gasteiger partial charge in [-0.05, 0) is 28.3 Å². The van der Waals surface area contributed by atoms with Crippen LogP contribution in [0.25, 0.3) is 0 Å². The lowest BCUT2D eigenvalue weighted by Gasteiger charge is -2.10. The zero-order valence-electron chi connectivity index (χ0n) is 8.92. The van der Waals surface area contributed by atoms with Crippen LogP contribution in [0.5, 0.6) is 0 Å². The van der Waals surface area contributed by atoms with Crippen molar-refractivity contribution in [2.45, 2.75) is 20.3 Å². The van der Waals surface area contributed by atoms with Gasteiger partial charge in [0.05, 0.1) is 0 Å². The Bertz CT molecular complexity index is 315. The van der Waals surface area contributed by atoms with Crippen LogP contribution in [0.2, 0.25) is 0 Å². The highest BCUT2D eigenvalue weighted by atomic mass is 79.9. The van der Waals surface area contributed by atoms with Gasteiger partial charge in [0.25, 0.3) is 0 Å². The lowest BCUT2D eigenvalue weighted by molar-refractivity contribution is 0.606. The Morgan fingerprint density at radius 2 is 2.07 bits per heavy atom. The summed E-state index contributed by atoms with van der Waals surface area (Å²) in [7, 11) is 0. The smallest absolute Gasteiger partial charge is 0.159 e. The number of nitrogens with zero attached hydrogens (tertiary/aromatic N) is 2. The molecule has 0 radical (unpaired) electrons. The normalized spacial score (nSPS) is 10.5. The molecule has 0 aliphatic heterocycles. The Kier molecular flexibility index (Phi) is 4.77. The monoisotopic (exact) mass is 273 g/mol. The van der Waals surface area contributed by atoms with Crippen molar-refractivity contribution in [1.82, 2.24) is 9.97 Å². The summed E-state index contributed by atoms with van der Waals surface area (Å²) in [6.07, 6.45) is 2.57. The van der Waals surface area contributed by atoms with Crippen LogP contribution in [-0.4, -0.2) is 16.5 Å². The molecule has 0 saturated carbocycles. The first-order chi connectivity index (χ1) is 7.15. The second kappa shape index (κ2) is 5.87. The zero-order valence-corrected chi connectivity index (χ0v) is 10.5. The number of nitrogens with two attached hydrogens (primary N) is 1. The zero-order chi connectivity index (χ0) is 11.3.